The molecule has 1 N–H and O–H groups in total. The van der Waals surface area contributed by atoms with Gasteiger partial charge in [-0.2, -0.15) is 0 Å². The molecule has 0 amide bonds. The topological polar surface area (TPSA) is 55.8 Å². The van der Waals surface area contributed by atoms with Crippen LogP contribution in [-0.2, 0) is 10.2 Å². The minimum absolute atomic E-state index is 0.0463. The standard InChI is InChI=1S/C21H22O4/c1-21(14-24-2)11-12-25-19-10-7-16(13-18(19)21)4-3-15-5-8-17(9-6-15)20(22)23/h3-10,13H,11-12,14H2,1-2H3,(H,22,23)/b4-3+. The largest absolute Gasteiger partial charge is 0.493 e. The Morgan fingerprint density at radius 3 is 2.56 bits per heavy atom. The number of carbonyl (C=O) groups is 1. The molecule has 25 heavy (non-hydrogen) atoms. The van der Waals surface area contributed by atoms with Crippen molar-refractivity contribution in [2.75, 3.05) is 20.3 Å². The van der Waals surface area contributed by atoms with Gasteiger partial charge in [0.1, 0.15) is 5.75 Å². The Labute approximate surface area is 147 Å². The van der Waals surface area contributed by atoms with Crippen molar-refractivity contribution in [3.8, 4) is 5.75 Å². The Hall–Kier alpha value is -2.59. The molecule has 130 valence electrons. The summed E-state index contributed by atoms with van der Waals surface area (Å²) >= 11 is 0. The van der Waals surface area contributed by atoms with Crippen LogP contribution in [0.4, 0.5) is 0 Å². The van der Waals surface area contributed by atoms with Crippen molar-refractivity contribution in [1.29, 1.82) is 0 Å². The first-order chi connectivity index (χ1) is 12.0. The molecule has 1 unspecified atom stereocenters. The Kier molecular flexibility index (Phi) is 4.91. The maximum Gasteiger partial charge on any atom is 0.335 e. The number of aromatic carboxylic acids is 1. The van der Waals surface area contributed by atoms with Crippen LogP contribution in [0.15, 0.2) is 42.5 Å². The number of rotatable bonds is 5. The van der Waals surface area contributed by atoms with Crippen LogP contribution in [0.2, 0.25) is 0 Å². The van der Waals surface area contributed by atoms with Crippen LogP contribution < -0.4 is 4.74 Å². The van der Waals surface area contributed by atoms with Gasteiger partial charge in [0.25, 0.3) is 0 Å². The highest BCUT2D eigenvalue weighted by Gasteiger charge is 2.33. The van der Waals surface area contributed by atoms with E-state index in [1.807, 2.05) is 24.3 Å². The molecule has 1 atom stereocenters. The van der Waals surface area contributed by atoms with E-state index in [9.17, 15) is 4.79 Å². The molecule has 0 radical (unpaired) electrons. The first kappa shape index (κ1) is 17.2. The van der Waals surface area contributed by atoms with Crippen molar-refractivity contribution in [2.45, 2.75) is 18.8 Å². The van der Waals surface area contributed by atoms with E-state index in [1.165, 1.54) is 5.56 Å². The van der Waals surface area contributed by atoms with Crippen molar-refractivity contribution in [2.24, 2.45) is 0 Å². The number of benzene rings is 2. The zero-order chi connectivity index (χ0) is 17.9. The summed E-state index contributed by atoms with van der Waals surface area (Å²) in [6.07, 6.45) is 4.93. The molecular formula is C21H22O4. The summed E-state index contributed by atoms with van der Waals surface area (Å²) in [7, 11) is 1.73. The summed E-state index contributed by atoms with van der Waals surface area (Å²) in [6, 6.07) is 13.0. The van der Waals surface area contributed by atoms with Gasteiger partial charge in [0, 0.05) is 18.1 Å². The highest BCUT2D eigenvalue weighted by Crippen LogP contribution is 2.39. The van der Waals surface area contributed by atoms with E-state index in [-0.39, 0.29) is 5.41 Å². The van der Waals surface area contributed by atoms with Crippen molar-refractivity contribution in [1.82, 2.24) is 0 Å². The van der Waals surface area contributed by atoms with E-state index >= 15 is 0 Å². The molecule has 0 spiro atoms. The molecule has 0 saturated heterocycles. The molecule has 4 heteroatoms. The summed E-state index contributed by atoms with van der Waals surface area (Å²) in [6.45, 7) is 3.57. The van der Waals surface area contributed by atoms with Gasteiger partial charge in [-0.1, -0.05) is 37.3 Å². The number of carboxylic acid groups (broad SMARTS) is 1. The number of carboxylic acids is 1. The lowest BCUT2D eigenvalue weighted by molar-refractivity contribution is 0.0697. The van der Waals surface area contributed by atoms with Crippen LogP contribution in [0.25, 0.3) is 12.2 Å². The van der Waals surface area contributed by atoms with Crippen LogP contribution in [0.1, 0.15) is 40.4 Å². The van der Waals surface area contributed by atoms with E-state index in [2.05, 4.69) is 13.0 Å². The Morgan fingerprint density at radius 1 is 1.20 bits per heavy atom. The van der Waals surface area contributed by atoms with Crippen LogP contribution in [-0.4, -0.2) is 31.4 Å². The zero-order valence-corrected chi connectivity index (χ0v) is 14.5. The fraction of sp³-hybridized carbons (Fsp3) is 0.286. The molecule has 1 aliphatic rings. The van der Waals surface area contributed by atoms with Gasteiger partial charge in [-0.15, -0.1) is 0 Å². The smallest absolute Gasteiger partial charge is 0.335 e. The molecule has 0 bridgehead atoms. The first-order valence-corrected chi connectivity index (χ1v) is 8.29. The third-order valence-electron chi connectivity index (χ3n) is 4.65. The summed E-state index contributed by atoms with van der Waals surface area (Å²) in [4.78, 5) is 10.9. The van der Waals surface area contributed by atoms with Gasteiger partial charge in [0.15, 0.2) is 0 Å². The number of hydrogen-bond donors (Lipinski definition) is 1. The third kappa shape index (κ3) is 3.74. The Morgan fingerprint density at radius 2 is 1.88 bits per heavy atom. The average Bonchev–Trinajstić information content (AvgIpc) is 2.61. The second kappa shape index (κ2) is 7.11. The predicted octanol–water partition coefficient (Wildman–Crippen LogP) is 4.24. The first-order valence-electron chi connectivity index (χ1n) is 8.29. The monoisotopic (exact) mass is 338 g/mol. The van der Waals surface area contributed by atoms with Gasteiger partial charge in [0.2, 0.25) is 0 Å². The quantitative estimate of drug-likeness (QED) is 0.829. The SMILES string of the molecule is COCC1(C)CCOc2ccc(/C=C/c3ccc(C(=O)O)cc3)cc21. The van der Waals surface area contributed by atoms with Gasteiger partial charge in [-0.25, -0.2) is 4.79 Å². The van der Waals surface area contributed by atoms with Crippen LogP contribution in [0.5, 0.6) is 5.75 Å². The number of fused-ring (bicyclic) bond motifs is 1. The molecule has 0 fully saturated rings. The number of ether oxygens (including phenoxy) is 2. The van der Waals surface area contributed by atoms with Crippen LogP contribution in [0.3, 0.4) is 0 Å². The van der Waals surface area contributed by atoms with E-state index in [4.69, 9.17) is 14.6 Å². The summed E-state index contributed by atoms with van der Waals surface area (Å²) < 4.78 is 11.2. The molecule has 2 aromatic rings. The normalized spacial score (nSPS) is 19.4. The van der Waals surface area contributed by atoms with Crippen LogP contribution in [0, 0.1) is 0 Å². The van der Waals surface area contributed by atoms with Gasteiger partial charge in [-0.05, 0) is 41.8 Å². The zero-order valence-electron chi connectivity index (χ0n) is 14.5. The average molecular weight is 338 g/mol. The molecule has 1 aliphatic heterocycles. The number of methoxy groups -OCH3 is 1. The molecule has 3 rings (SSSR count). The fourth-order valence-electron chi connectivity index (χ4n) is 3.17. The molecule has 1 heterocycles. The molecule has 4 nitrogen and oxygen atoms in total. The lowest BCUT2D eigenvalue weighted by Gasteiger charge is -2.35. The second-order valence-corrected chi connectivity index (χ2v) is 6.61. The van der Waals surface area contributed by atoms with E-state index in [0.717, 1.165) is 23.3 Å². The lowest BCUT2D eigenvalue weighted by atomic mass is 9.78. The summed E-state index contributed by atoms with van der Waals surface area (Å²) in [5.41, 5.74) is 3.45. The minimum atomic E-state index is -0.914. The van der Waals surface area contributed by atoms with E-state index < -0.39 is 5.97 Å². The van der Waals surface area contributed by atoms with Crippen molar-refractivity contribution in [3.63, 3.8) is 0 Å². The lowest BCUT2D eigenvalue weighted by Crippen LogP contribution is -2.34. The van der Waals surface area contributed by atoms with Crippen molar-refractivity contribution >= 4 is 18.1 Å². The minimum Gasteiger partial charge on any atom is -0.493 e. The van der Waals surface area contributed by atoms with Gasteiger partial charge >= 0.3 is 5.97 Å². The fourth-order valence-corrected chi connectivity index (χ4v) is 3.17. The van der Waals surface area contributed by atoms with Gasteiger partial charge in [0.05, 0.1) is 18.8 Å². The summed E-state index contributed by atoms with van der Waals surface area (Å²) in [5.74, 6) is 0.0106. The maximum atomic E-state index is 10.9. The Bertz CT molecular complexity index is 792. The number of hydrogen-bond acceptors (Lipinski definition) is 3. The maximum absolute atomic E-state index is 10.9. The molecule has 0 aromatic heterocycles. The predicted molar refractivity (Wildman–Crippen MR) is 98.1 cm³/mol. The molecule has 2 aromatic carbocycles. The van der Waals surface area contributed by atoms with Crippen LogP contribution >= 0.6 is 0 Å². The molecule has 0 saturated carbocycles. The van der Waals surface area contributed by atoms with Gasteiger partial charge < -0.3 is 14.6 Å². The van der Waals surface area contributed by atoms with E-state index in [0.29, 0.717) is 18.8 Å². The highest BCUT2D eigenvalue weighted by molar-refractivity contribution is 5.88. The second-order valence-electron chi connectivity index (χ2n) is 6.61. The van der Waals surface area contributed by atoms with Gasteiger partial charge in [-0.3, -0.25) is 0 Å². The Balaban J connectivity index is 1.85. The third-order valence-corrected chi connectivity index (χ3v) is 4.65. The van der Waals surface area contributed by atoms with E-state index in [1.54, 1.807) is 31.4 Å². The molecular weight excluding hydrogens is 316 g/mol. The highest BCUT2D eigenvalue weighted by atomic mass is 16.5. The van der Waals surface area contributed by atoms with Crippen molar-refractivity contribution in [3.05, 3.63) is 64.7 Å². The van der Waals surface area contributed by atoms with Crippen molar-refractivity contribution < 1.29 is 19.4 Å². The summed E-state index contributed by atoms with van der Waals surface area (Å²) in [5, 5.41) is 8.95. The molecule has 0 aliphatic carbocycles.